The third-order valence-corrected chi connectivity index (χ3v) is 4.41. The molecule has 1 aliphatic rings. The lowest BCUT2D eigenvalue weighted by molar-refractivity contribution is -0.0498. The molecule has 26 heavy (non-hydrogen) atoms. The first-order valence-corrected chi connectivity index (χ1v) is 8.39. The highest BCUT2D eigenvalue weighted by molar-refractivity contribution is 5.82. The van der Waals surface area contributed by atoms with Gasteiger partial charge < -0.3 is 19.9 Å². The summed E-state index contributed by atoms with van der Waals surface area (Å²) >= 11 is 0. The second kappa shape index (κ2) is 7.11. The fourth-order valence-electron chi connectivity index (χ4n) is 3.24. The van der Waals surface area contributed by atoms with Gasteiger partial charge in [0.1, 0.15) is 17.6 Å². The van der Waals surface area contributed by atoms with Crippen molar-refractivity contribution in [1.29, 1.82) is 0 Å². The Bertz CT molecular complexity index is 869. The van der Waals surface area contributed by atoms with Gasteiger partial charge in [0.15, 0.2) is 11.5 Å². The third-order valence-electron chi connectivity index (χ3n) is 4.41. The number of rotatable bonds is 5. The van der Waals surface area contributed by atoms with Gasteiger partial charge in [-0.2, -0.15) is 8.78 Å². The molecule has 2 N–H and O–H groups in total. The number of nitrogens with one attached hydrogen (secondary N) is 2. The number of H-pyrrole nitrogens is 1. The lowest BCUT2D eigenvalue weighted by atomic mass is 10.0. The van der Waals surface area contributed by atoms with Crippen LogP contribution in [0.25, 0.3) is 11.2 Å². The first-order chi connectivity index (χ1) is 12.7. The molecular weight excluding hydrogens is 342 g/mol. The van der Waals surface area contributed by atoms with Crippen LogP contribution in [0.5, 0.6) is 5.75 Å². The molecule has 0 aliphatic carbocycles. The highest BCUT2D eigenvalue weighted by atomic mass is 19.3. The van der Waals surface area contributed by atoms with Crippen LogP contribution in [0.15, 0.2) is 36.9 Å². The summed E-state index contributed by atoms with van der Waals surface area (Å²) in [6.07, 6.45) is 5.13. The molecule has 1 unspecified atom stereocenters. The maximum atomic E-state index is 12.3. The van der Waals surface area contributed by atoms with Crippen molar-refractivity contribution in [3.63, 3.8) is 0 Å². The average molecular weight is 360 g/mol. The number of benzene rings is 1. The van der Waals surface area contributed by atoms with Gasteiger partial charge >= 0.3 is 6.61 Å². The topological polar surface area (TPSA) is 79.0 Å². The number of fused-ring (bicyclic) bond motifs is 1. The summed E-state index contributed by atoms with van der Waals surface area (Å²) in [6, 6.07) is 6.95. The molecule has 2 aromatic heterocycles. The summed E-state index contributed by atoms with van der Waals surface area (Å²) in [7, 11) is 0. The third kappa shape index (κ3) is 3.51. The molecule has 136 valence electrons. The number of nitrogens with zero attached hydrogens (tertiary/aromatic N) is 4. The van der Waals surface area contributed by atoms with E-state index in [0.717, 1.165) is 43.0 Å². The number of ether oxygens (including phenoxy) is 1. The molecule has 0 spiro atoms. The van der Waals surface area contributed by atoms with Crippen LogP contribution in [0.3, 0.4) is 0 Å². The Morgan fingerprint density at radius 2 is 2.04 bits per heavy atom. The predicted octanol–water partition coefficient (Wildman–Crippen LogP) is 3.04. The Hall–Kier alpha value is -2.97. The van der Waals surface area contributed by atoms with Crippen LogP contribution in [0.1, 0.15) is 12.8 Å². The highest BCUT2D eigenvalue weighted by Crippen LogP contribution is 2.25. The molecule has 1 saturated heterocycles. The number of anilines is 2. The number of alkyl halides is 2. The van der Waals surface area contributed by atoms with E-state index in [-0.39, 0.29) is 11.8 Å². The number of hydrogen-bond donors (Lipinski definition) is 2. The zero-order chi connectivity index (χ0) is 17.9. The summed E-state index contributed by atoms with van der Waals surface area (Å²) in [5, 5.41) is 3.46. The molecule has 0 saturated carbocycles. The number of piperidine rings is 1. The number of aromatic nitrogens is 4. The lowest BCUT2D eigenvalue weighted by Crippen LogP contribution is -2.42. The monoisotopic (exact) mass is 360 g/mol. The Kier molecular flexibility index (Phi) is 4.51. The van der Waals surface area contributed by atoms with Crippen molar-refractivity contribution in [3.8, 4) is 5.75 Å². The van der Waals surface area contributed by atoms with E-state index in [2.05, 4.69) is 34.9 Å². The van der Waals surface area contributed by atoms with E-state index in [1.807, 2.05) is 0 Å². The van der Waals surface area contributed by atoms with E-state index in [0.29, 0.717) is 5.65 Å². The SMILES string of the molecule is FC(F)Oc1ccc(N2CCCC(Nc3ncnc4nc[nH]c34)C2)cc1. The summed E-state index contributed by atoms with van der Waals surface area (Å²) < 4.78 is 28.9. The molecule has 0 bridgehead atoms. The molecular formula is C17H18F2N6O. The van der Waals surface area contributed by atoms with E-state index in [1.165, 1.54) is 6.33 Å². The standard InChI is InChI=1S/C17H18F2N6O/c18-17(19)26-13-5-3-12(4-6-13)25-7-1-2-11(8-25)24-16-14-15(21-9-20-14)22-10-23-16/h3-6,9-11,17H,1-2,7-8H2,(H2,20,21,22,23,24). The molecule has 3 aromatic rings. The van der Waals surface area contributed by atoms with E-state index in [4.69, 9.17) is 0 Å². The molecule has 3 heterocycles. The van der Waals surface area contributed by atoms with Crippen LogP contribution >= 0.6 is 0 Å². The molecule has 1 aliphatic heterocycles. The lowest BCUT2D eigenvalue weighted by Gasteiger charge is -2.35. The van der Waals surface area contributed by atoms with Crippen molar-refractivity contribution in [1.82, 2.24) is 19.9 Å². The summed E-state index contributed by atoms with van der Waals surface area (Å²) in [5.41, 5.74) is 2.40. The van der Waals surface area contributed by atoms with Crippen molar-refractivity contribution >= 4 is 22.7 Å². The normalized spacial score (nSPS) is 17.7. The van der Waals surface area contributed by atoms with Crippen LogP contribution in [0, 0.1) is 0 Å². The Labute approximate surface area is 148 Å². The van der Waals surface area contributed by atoms with Gasteiger partial charge in [0.25, 0.3) is 0 Å². The number of hydrogen-bond acceptors (Lipinski definition) is 6. The van der Waals surface area contributed by atoms with E-state index >= 15 is 0 Å². The smallest absolute Gasteiger partial charge is 0.387 e. The van der Waals surface area contributed by atoms with Crippen molar-refractivity contribution in [2.24, 2.45) is 0 Å². The first-order valence-electron chi connectivity index (χ1n) is 8.39. The highest BCUT2D eigenvalue weighted by Gasteiger charge is 2.21. The Morgan fingerprint density at radius 1 is 1.19 bits per heavy atom. The largest absolute Gasteiger partial charge is 0.435 e. The molecule has 0 radical (unpaired) electrons. The van der Waals surface area contributed by atoms with Gasteiger partial charge in [0.05, 0.1) is 6.33 Å². The number of halogens is 2. The average Bonchev–Trinajstić information content (AvgIpc) is 3.12. The number of imidazole rings is 1. The minimum Gasteiger partial charge on any atom is -0.435 e. The quantitative estimate of drug-likeness (QED) is 0.728. The van der Waals surface area contributed by atoms with Crippen molar-refractivity contribution in [2.75, 3.05) is 23.3 Å². The number of aromatic amines is 1. The van der Waals surface area contributed by atoms with E-state index in [1.54, 1.807) is 30.6 Å². The van der Waals surface area contributed by atoms with Gasteiger partial charge in [-0.05, 0) is 37.1 Å². The summed E-state index contributed by atoms with van der Waals surface area (Å²) in [4.78, 5) is 17.8. The molecule has 1 fully saturated rings. The van der Waals surface area contributed by atoms with Gasteiger partial charge in [-0.25, -0.2) is 15.0 Å². The van der Waals surface area contributed by atoms with Gasteiger partial charge in [0.2, 0.25) is 0 Å². The first kappa shape index (κ1) is 16.5. The van der Waals surface area contributed by atoms with Crippen LogP contribution in [0.2, 0.25) is 0 Å². The second-order valence-corrected chi connectivity index (χ2v) is 6.13. The molecule has 4 rings (SSSR count). The van der Waals surface area contributed by atoms with E-state index < -0.39 is 6.61 Å². The Morgan fingerprint density at radius 3 is 2.85 bits per heavy atom. The molecule has 9 heteroatoms. The maximum Gasteiger partial charge on any atom is 0.387 e. The van der Waals surface area contributed by atoms with Crippen molar-refractivity contribution in [3.05, 3.63) is 36.9 Å². The molecule has 1 aromatic carbocycles. The van der Waals surface area contributed by atoms with Crippen molar-refractivity contribution in [2.45, 2.75) is 25.5 Å². The zero-order valence-electron chi connectivity index (χ0n) is 13.9. The second-order valence-electron chi connectivity index (χ2n) is 6.13. The minimum atomic E-state index is -2.81. The molecule has 7 nitrogen and oxygen atoms in total. The van der Waals surface area contributed by atoms with Gasteiger partial charge in [-0.15, -0.1) is 0 Å². The summed E-state index contributed by atoms with van der Waals surface area (Å²) in [6.45, 7) is -1.11. The van der Waals surface area contributed by atoms with E-state index in [9.17, 15) is 8.78 Å². The van der Waals surface area contributed by atoms with Crippen LogP contribution in [-0.4, -0.2) is 45.7 Å². The zero-order valence-corrected chi connectivity index (χ0v) is 13.9. The van der Waals surface area contributed by atoms with Gasteiger partial charge in [0, 0.05) is 24.8 Å². The van der Waals surface area contributed by atoms with Gasteiger partial charge in [-0.3, -0.25) is 0 Å². The maximum absolute atomic E-state index is 12.3. The van der Waals surface area contributed by atoms with Crippen LogP contribution < -0.4 is 15.0 Å². The van der Waals surface area contributed by atoms with Crippen LogP contribution in [-0.2, 0) is 0 Å². The fourth-order valence-corrected chi connectivity index (χ4v) is 3.24. The summed E-state index contributed by atoms with van der Waals surface area (Å²) in [5.74, 6) is 0.901. The van der Waals surface area contributed by atoms with Crippen LogP contribution in [0.4, 0.5) is 20.3 Å². The minimum absolute atomic E-state index is 0.165. The van der Waals surface area contributed by atoms with Gasteiger partial charge in [-0.1, -0.05) is 0 Å². The molecule has 1 atom stereocenters. The predicted molar refractivity (Wildman–Crippen MR) is 93.6 cm³/mol. The van der Waals surface area contributed by atoms with Crippen molar-refractivity contribution < 1.29 is 13.5 Å². The Balaban J connectivity index is 1.45. The fraction of sp³-hybridized carbons (Fsp3) is 0.353. The molecule has 0 amide bonds.